The number of hydrogen-bond acceptors (Lipinski definition) is 5. The van der Waals surface area contributed by atoms with E-state index in [0.29, 0.717) is 6.04 Å². The molecule has 5 heteroatoms. The van der Waals surface area contributed by atoms with E-state index in [1.54, 1.807) is 7.11 Å². The van der Waals surface area contributed by atoms with E-state index in [9.17, 15) is 0 Å². The molecule has 1 aliphatic heterocycles. The lowest BCUT2D eigenvalue weighted by Crippen LogP contribution is -2.40. The van der Waals surface area contributed by atoms with E-state index in [0.717, 1.165) is 55.2 Å². The number of rotatable bonds is 4. The van der Waals surface area contributed by atoms with E-state index in [-0.39, 0.29) is 0 Å². The number of para-hydroxylation sites is 1. The molecule has 3 rings (SSSR count). The number of nitrogens with two attached hydrogens (primary N) is 1. The molecular weight excluding hydrogens is 276 g/mol. The average Bonchev–Trinajstić information content (AvgIpc) is 2.57. The molecule has 2 heterocycles. The van der Waals surface area contributed by atoms with Crippen LogP contribution in [0.1, 0.15) is 24.0 Å². The number of piperidine rings is 1. The van der Waals surface area contributed by atoms with Gasteiger partial charge in [0.2, 0.25) is 5.95 Å². The van der Waals surface area contributed by atoms with Crippen LogP contribution >= 0.6 is 0 Å². The van der Waals surface area contributed by atoms with Gasteiger partial charge in [-0.3, -0.25) is 0 Å². The molecule has 1 aliphatic rings. The maximum atomic E-state index is 5.93. The minimum Gasteiger partial charge on any atom is -0.496 e. The fraction of sp³-hybridized carbons (Fsp3) is 0.412. The van der Waals surface area contributed by atoms with Gasteiger partial charge in [-0.05, 0) is 30.0 Å². The minimum absolute atomic E-state index is 0.320. The summed E-state index contributed by atoms with van der Waals surface area (Å²) in [5.74, 6) is 1.70. The lowest BCUT2D eigenvalue weighted by Gasteiger charge is -2.30. The first-order chi connectivity index (χ1) is 10.8. The molecule has 22 heavy (non-hydrogen) atoms. The molecule has 1 aromatic heterocycles. The second kappa shape index (κ2) is 6.75. The Hall–Kier alpha value is -2.14. The van der Waals surface area contributed by atoms with Gasteiger partial charge in [-0.25, -0.2) is 9.97 Å². The second-order valence-electron chi connectivity index (χ2n) is 5.70. The summed E-state index contributed by atoms with van der Waals surface area (Å²) in [4.78, 5) is 11.2. The van der Waals surface area contributed by atoms with Gasteiger partial charge in [-0.1, -0.05) is 18.2 Å². The Labute approximate surface area is 131 Å². The van der Waals surface area contributed by atoms with Gasteiger partial charge in [0.15, 0.2) is 0 Å². The van der Waals surface area contributed by atoms with Crippen molar-refractivity contribution >= 4 is 5.95 Å². The molecule has 0 amide bonds. The molecule has 1 saturated heterocycles. The summed E-state index contributed by atoms with van der Waals surface area (Å²) in [6, 6.07) is 8.36. The highest BCUT2D eigenvalue weighted by Gasteiger charge is 2.18. The fourth-order valence-electron chi connectivity index (χ4n) is 2.77. The van der Waals surface area contributed by atoms with Crippen LogP contribution in [0, 0.1) is 0 Å². The van der Waals surface area contributed by atoms with Crippen molar-refractivity contribution in [2.45, 2.75) is 25.3 Å². The number of hydrogen-bond donors (Lipinski definition) is 1. The maximum Gasteiger partial charge on any atom is 0.225 e. The van der Waals surface area contributed by atoms with Gasteiger partial charge < -0.3 is 15.4 Å². The Bertz CT molecular complexity index is 606. The van der Waals surface area contributed by atoms with E-state index in [1.807, 2.05) is 30.6 Å². The Morgan fingerprint density at radius 1 is 1.18 bits per heavy atom. The van der Waals surface area contributed by atoms with Crippen LogP contribution in [0.15, 0.2) is 36.7 Å². The van der Waals surface area contributed by atoms with E-state index in [4.69, 9.17) is 10.5 Å². The van der Waals surface area contributed by atoms with Crippen molar-refractivity contribution in [3.63, 3.8) is 0 Å². The first-order valence-corrected chi connectivity index (χ1v) is 7.69. The van der Waals surface area contributed by atoms with E-state index in [1.165, 1.54) is 0 Å². The van der Waals surface area contributed by atoms with Gasteiger partial charge in [0.1, 0.15) is 5.75 Å². The van der Waals surface area contributed by atoms with Crippen molar-refractivity contribution in [1.29, 1.82) is 0 Å². The average molecular weight is 298 g/mol. The van der Waals surface area contributed by atoms with Crippen molar-refractivity contribution in [3.05, 3.63) is 47.8 Å². The third-order valence-corrected chi connectivity index (χ3v) is 4.10. The molecular formula is C17H22N4O. The summed E-state index contributed by atoms with van der Waals surface area (Å²) < 4.78 is 5.39. The lowest BCUT2D eigenvalue weighted by molar-refractivity contribution is 0.410. The van der Waals surface area contributed by atoms with Crippen LogP contribution in [0.25, 0.3) is 0 Å². The van der Waals surface area contributed by atoms with Crippen molar-refractivity contribution < 1.29 is 4.74 Å². The molecule has 116 valence electrons. The molecule has 1 aromatic carbocycles. The van der Waals surface area contributed by atoms with Crippen molar-refractivity contribution in [2.24, 2.45) is 5.73 Å². The molecule has 0 radical (unpaired) electrons. The molecule has 0 atom stereocenters. The van der Waals surface area contributed by atoms with E-state index < -0.39 is 0 Å². The van der Waals surface area contributed by atoms with Crippen LogP contribution in [0.5, 0.6) is 5.75 Å². The third kappa shape index (κ3) is 3.36. The van der Waals surface area contributed by atoms with Gasteiger partial charge >= 0.3 is 0 Å². The van der Waals surface area contributed by atoms with Gasteiger partial charge in [0.25, 0.3) is 0 Å². The SMILES string of the molecule is COc1ccccc1Cc1cnc(N2CCC(N)CC2)nc1. The summed E-state index contributed by atoms with van der Waals surface area (Å²) in [5.41, 5.74) is 8.16. The quantitative estimate of drug-likeness (QED) is 0.935. The second-order valence-corrected chi connectivity index (χ2v) is 5.70. The van der Waals surface area contributed by atoms with Gasteiger partial charge in [-0.15, -0.1) is 0 Å². The van der Waals surface area contributed by atoms with Crippen molar-refractivity contribution in [3.8, 4) is 5.75 Å². The molecule has 0 bridgehead atoms. The smallest absolute Gasteiger partial charge is 0.225 e. The number of aromatic nitrogens is 2. The Balaban J connectivity index is 1.69. The number of methoxy groups -OCH3 is 1. The van der Waals surface area contributed by atoms with Gasteiger partial charge in [0.05, 0.1) is 7.11 Å². The van der Waals surface area contributed by atoms with Crippen LogP contribution in [0.2, 0.25) is 0 Å². The van der Waals surface area contributed by atoms with Crippen LogP contribution in [-0.2, 0) is 6.42 Å². The number of ether oxygens (including phenoxy) is 1. The summed E-state index contributed by atoms with van der Waals surface area (Å²) in [6.07, 6.45) is 6.60. The van der Waals surface area contributed by atoms with Crippen LogP contribution < -0.4 is 15.4 Å². The zero-order valence-electron chi connectivity index (χ0n) is 12.9. The normalized spacial score (nSPS) is 15.8. The number of benzene rings is 1. The molecule has 5 nitrogen and oxygen atoms in total. The third-order valence-electron chi connectivity index (χ3n) is 4.10. The molecule has 0 spiro atoms. The molecule has 0 saturated carbocycles. The maximum absolute atomic E-state index is 5.93. The first-order valence-electron chi connectivity index (χ1n) is 7.69. The Morgan fingerprint density at radius 2 is 1.86 bits per heavy atom. The zero-order chi connectivity index (χ0) is 15.4. The van der Waals surface area contributed by atoms with Crippen LogP contribution in [0.4, 0.5) is 5.95 Å². The molecule has 2 aromatic rings. The largest absolute Gasteiger partial charge is 0.496 e. The zero-order valence-corrected chi connectivity index (χ0v) is 12.9. The summed E-state index contributed by atoms with van der Waals surface area (Å²) in [7, 11) is 1.69. The molecule has 0 aliphatic carbocycles. The highest BCUT2D eigenvalue weighted by molar-refractivity contribution is 5.38. The fourth-order valence-corrected chi connectivity index (χ4v) is 2.77. The van der Waals surface area contributed by atoms with Crippen LogP contribution in [-0.4, -0.2) is 36.2 Å². The number of anilines is 1. The van der Waals surface area contributed by atoms with E-state index in [2.05, 4.69) is 20.9 Å². The molecule has 1 fully saturated rings. The van der Waals surface area contributed by atoms with Crippen molar-refractivity contribution in [2.75, 3.05) is 25.1 Å². The van der Waals surface area contributed by atoms with Gasteiger partial charge in [0, 0.05) is 37.9 Å². The topological polar surface area (TPSA) is 64.3 Å². The standard InChI is InChI=1S/C17H22N4O/c1-22-16-5-3-2-4-14(16)10-13-11-19-17(20-12-13)21-8-6-15(18)7-9-21/h2-5,11-12,15H,6-10,18H2,1H3. The highest BCUT2D eigenvalue weighted by Crippen LogP contribution is 2.21. The summed E-state index contributed by atoms with van der Waals surface area (Å²) in [5, 5.41) is 0. The first kappa shape index (κ1) is 14.8. The summed E-state index contributed by atoms with van der Waals surface area (Å²) >= 11 is 0. The predicted octanol–water partition coefficient (Wildman–Crippen LogP) is 2.00. The van der Waals surface area contributed by atoms with E-state index >= 15 is 0 Å². The van der Waals surface area contributed by atoms with Crippen LogP contribution in [0.3, 0.4) is 0 Å². The predicted molar refractivity (Wildman–Crippen MR) is 87.3 cm³/mol. The number of nitrogens with zero attached hydrogens (tertiary/aromatic N) is 3. The molecule has 2 N–H and O–H groups in total. The Kier molecular flexibility index (Phi) is 4.53. The lowest BCUT2D eigenvalue weighted by atomic mass is 10.1. The highest BCUT2D eigenvalue weighted by atomic mass is 16.5. The minimum atomic E-state index is 0.320. The van der Waals surface area contributed by atoms with Gasteiger partial charge in [-0.2, -0.15) is 0 Å². The monoisotopic (exact) mass is 298 g/mol. The Morgan fingerprint density at radius 3 is 2.55 bits per heavy atom. The molecule has 0 unspecified atom stereocenters. The van der Waals surface area contributed by atoms with Crippen molar-refractivity contribution in [1.82, 2.24) is 9.97 Å². The summed E-state index contributed by atoms with van der Waals surface area (Å²) in [6.45, 7) is 1.88.